The van der Waals surface area contributed by atoms with Crippen molar-refractivity contribution in [2.24, 2.45) is 7.05 Å². The highest BCUT2D eigenvalue weighted by atomic mass is 16.4. The minimum Gasteiger partial charge on any atom is -0.481 e. The average Bonchev–Trinajstić information content (AvgIpc) is 2.72. The van der Waals surface area contributed by atoms with E-state index in [0.717, 1.165) is 17.0 Å². The highest BCUT2D eigenvalue weighted by molar-refractivity contribution is 6.00. The number of nitrogens with zero attached hydrogens (tertiary/aromatic N) is 2. The van der Waals surface area contributed by atoms with Gasteiger partial charge in [-0.15, -0.1) is 0 Å². The van der Waals surface area contributed by atoms with E-state index in [1.54, 1.807) is 22.9 Å². The van der Waals surface area contributed by atoms with Crippen molar-refractivity contribution in [2.75, 3.05) is 10.6 Å². The van der Waals surface area contributed by atoms with Crippen molar-refractivity contribution in [3.63, 3.8) is 0 Å². The zero-order chi connectivity index (χ0) is 17.0. The standard InChI is InChI=1S/C16H20N4O3/c1-10-15(11(2)20(3)19-10)18-16(23)17-13-6-4-5-12(9-13)7-8-14(21)22/h4-6,9H,7-8H2,1-3H3,(H,21,22)(H2,17,18,23). The number of carbonyl (C=O) groups is 2. The third-order valence-corrected chi connectivity index (χ3v) is 3.56. The average molecular weight is 316 g/mol. The summed E-state index contributed by atoms with van der Waals surface area (Å²) >= 11 is 0. The molecule has 0 atom stereocenters. The number of urea groups is 1. The highest BCUT2D eigenvalue weighted by Gasteiger charge is 2.12. The lowest BCUT2D eigenvalue weighted by molar-refractivity contribution is -0.136. The summed E-state index contributed by atoms with van der Waals surface area (Å²) in [6.45, 7) is 3.71. The topological polar surface area (TPSA) is 96.3 Å². The lowest BCUT2D eigenvalue weighted by atomic mass is 10.1. The molecule has 1 aromatic heterocycles. The number of aromatic nitrogens is 2. The first kappa shape index (κ1) is 16.5. The molecule has 23 heavy (non-hydrogen) atoms. The van der Waals surface area contributed by atoms with E-state index in [0.29, 0.717) is 17.8 Å². The third kappa shape index (κ3) is 4.32. The van der Waals surface area contributed by atoms with Crippen LogP contribution in [0.5, 0.6) is 0 Å². The molecule has 0 spiro atoms. The van der Waals surface area contributed by atoms with E-state index >= 15 is 0 Å². The summed E-state index contributed by atoms with van der Waals surface area (Å²) in [6, 6.07) is 6.78. The maximum Gasteiger partial charge on any atom is 0.323 e. The predicted octanol–water partition coefficient (Wildman–Crippen LogP) is 2.70. The summed E-state index contributed by atoms with van der Waals surface area (Å²) in [5, 5.41) is 18.5. The van der Waals surface area contributed by atoms with Gasteiger partial charge in [0.2, 0.25) is 0 Å². The number of benzene rings is 1. The van der Waals surface area contributed by atoms with Crippen LogP contribution in [0.3, 0.4) is 0 Å². The number of carbonyl (C=O) groups excluding carboxylic acids is 1. The molecule has 0 aliphatic rings. The number of carboxylic acid groups (broad SMARTS) is 1. The molecule has 3 N–H and O–H groups in total. The normalized spacial score (nSPS) is 10.4. The van der Waals surface area contributed by atoms with Gasteiger partial charge in [-0.3, -0.25) is 9.48 Å². The molecule has 122 valence electrons. The Bertz CT molecular complexity index is 737. The number of rotatable bonds is 5. The molecule has 2 rings (SSSR count). The van der Waals surface area contributed by atoms with Crippen molar-refractivity contribution in [2.45, 2.75) is 26.7 Å². The summed E-state index contributed by atoms with van der Waals surface area (Å²) in [7, 11) is 1.82. The maximum absolute atomic E-state index is 12.1. The number of hydrogen-bond donors (Lipinski definition) is 3. The van der Waals surface area contributed by atoms with Gasteiger partial charge >= 0.3 is 12.0 Å². The van der Waals surface area contributed by atoms with Crippen LogP contribution in [0.1, 0.15) is 23.4 Å². The van der Waals surface area contributed by atoms with Gasteiger partial charge < -0.3 is 15.7 Å². The number of aliphatic carboxylic acids is 1. The number of nitrogens with one attached hydrogen (secondary N) is 2. The molecule has 7 nitrogen and oxygen atoms in total. The van der Waals surface area contributed by atoms with Crippen molar-refractivity contribution in [1.82, 2.24) is 9.78 Å². The lowest BCUT2D eigenvalue weighted by Gasteiger charge is -2.09. The van der Waals surface area contributed by atoms with Gasteiger partial charge in [0.1, 0.15) is 0 Å². The van der Waals surface area contributed by atoms with Crippen LogP contribution in [0, 0.1) is 13.8 Å². The Morgan fingerprint density at radius 3 is 2.61 bits per heavy atom. The van der Waals surface area contributed by atoms with Crippen LogP contribution in [0.2, 0.25) is 0 Å². The van der Waals surface area contributed by atoms with E-state index in [4.69, 9.17) is 5.11 Å². The van der Waals surface area contributed by atoms with E-state index in [2.05, 4.69) is 15.7 Å². The van der Waals surface area contributed by atoms with Crippen molar-refractivity contribution in [3.05, 3.63) is 41.2 Å². The van der Waals surface area contributed by atoms with Gasteiger partial charge in [-0.1, -0.05) is 12.1 Å². The van der Waals surface area contributed by atoms with Gasteiger partial charge in [-0.05, 0) is 38.0 Å². The molecular formula is C16H20N4O3. The molecular weight excluding hydrogens is 296 g/mol. The summed E-state index contributed by atoms with van der Waals surface area (Å²) in [4.78, 5) is 22.7. The van der Waals surface area contributed by atoms with Crippen LogP contribution in [0.25, 0.3) is 0 Å². The fourth-order valence-corrected chi connectivity index (χ4v) is 2.29. The molecule has 1 heterocycles. The molecule has 0 bridgehead atoms. The molecule has 0 aliphatic heterocycles. The fourth-order valence-electron chi connectivity index (χ4n) is 2.29. The second-order valence-electron chi connectivity index (χ2n) is 5.34. The molecule has 2 aromatic rings. The Morgan fingerprint density at radius 2 is 2.00 bits per heavy atom. The van der Waals surface area contributed by atoms with E-state index < -0.39 is 5.97 Å². The highest BCUT2D eigenvalue weighted by Crippen LogP contribution is 2.19. The second kappa shape index (κ2) is 6.95. The Labute approximate surface area is 134 Å². The Kier molecular flexibility index (Phi) is 5.00. The van der Waals surface area contributed by atoms with E-state index in [9.17, 15) is 9.59 Å². The van der Waals surface area contributed by atoms with Gasteiger partial charge in [0.25, 0.3) is 0 Å². The van der Waals surface area contributed by atoms with Crippen LogP contribution in [0.4, 0.5) is 16.2 Å². The lowest BCUT2D eigenvalue weighted by Crippen LogP contribution is -2.20. The summed E-state index contributed by atoms with van der Waals surface area (Å²) in [6.07, 6.45) is 0.483. The van der Waals surface area contributed by atoms with Crippen LogP contribution in [-0.4, -0.2) is 26.9 Å². The summed E-state index contributed by atoms with van der Waals surface area (Å²) in [5.41, 5.74) is 3.78. The predicted molar refractivity (Wildman–Crippen MR) is 87.7 cm³/mol. The zero-order valence-corrected chi connectivity index (χ0v) is 13.4. The first-order valence-corrected chi connectivity index (χ1v) is 7.25. The Morgan fingerprint density at radius 1 is 1.26 bits per heavy atom. The van der Waals surface area contributed by atoms with Crippen LogP contribution in [-0.2, 0) is 18.3 Å². The van der Waals surface area contributed by atoms with Crippen LogP contribution < -0.4 is 10.6 Å². The number of anilines is 2. The largest absolute Gasteiger partial charge is 0.481 e. The second-order valence-corrected chi connectivity index (χ2v) is 5.34. The monoisotopic (exact) mass is 316 g/mol. The van der Waals surface area contributed by atoms with Gasteiger partial charge in [0, 0.05) is 19.2 Å². The van der Waals surface area contributed by atoms with Crippen molar-refractivity contribution in [1.29, 1.82) is 0 Å². The van der Waals surface area contributed by atoms with E-state index in [1.807, 2.05) is 27.0 Å². The van der Waals surface area contributed by atoms with Crippen molar-refractivity contribution >= 4 is 23.4 Å². The number of amides is 2. The van der Waals surface area contributed by atoms with Crippen LogP contribution >= 0.6 is 0 Å². The number of carboxylic acids is 1. The quantitative estimate of drug-likeness (QED) is 0.790. The molecule has 0 unspecified atom stereocenters. The summed E-state index contributed by atoms with van der Waals surface area (Å²) < 4.78 is 1.71. The van der Waals surface area contributed by atoms with Crippen molar-refractivity contribution < 1.29 is 14.7 Å². The van der Waals surface area contributed by atoms with Gasteiger partial charge in [-0.2, -0.15) is 5.10 Å². The molecule has 1 aromatic carbocycles. The molecule has 7 heteroatoms. The minimum atomic E-state index is -0.844. The molecule has 0 saturated carbocycles. The molecule has 0 saturated heterocycles. The van der Waals surface area contributed by atoms with E-state index in [-0.39, 0.29) is 12.5 Å². The fraction of sp³-hybridized carbons (Fsp3) is 0.312. The smallest absolute Gasteiger partial charge is 0.323 e. The van der Waals surface area contributed by atoms with Gasteiger partial charge in [-0.25, -0.2) is 4.79 Å². The van der Waals surface area contributed by atoms with Gasteiger partial charge in [0.15, 0.2) is 0 Å². The Hall–Kier alpha value is -2.83. The molecule has 0 fully saturated rings. The first-order valence-electron chi connectivity index (χ1n) is 7.25. The number of hydrogen-bond acceptors (Lipinski definition) is 3. The first-order chi connectivity index (χ1) is 10.9. The SMILES string of the molecule is Cc1nn(C)c(C)c1NC(=O)Nc1cccc(CCC(=O)O)c1. The maximum atomic E-state index is 12.1. The summed E-state index contributed by atoms with van der Waals surface area (Å²) in [5.74, 6) is -0.844. The molecule has 0 radical (unpaired) electrons. The Balaban J connectivity index is 2.02. The van der Waals surface area contributed by atoms with Crippen LogP contribution in [0.15, 0.2) is 24.3 Å². The van der Waals surface area contributed by atoms with Crippen molar-refractivity contribution in [3.8, 4) is 0 Å². The van der Waals surface area contributed by atoms with E-state index in [1.165, 1.54) is 0 Å². The zero-order valence-electron chi connectivity index (χ0n) is 13.4. The van der Waals surface area contributed by atoms with Gasteiger partial charge in [0.05, 0.1) is 17.1 Å². The minimum absolute atomic E-state index is 0.0592. The molecule has 2 amide bonds. The molecule has 0 aliphatic carbocycles. The number of aryl methyl sites for hydroxylation is 3. The third-order valence-electron chi connectivity index (χ3n) is 3.56.